The van der Waals surface area contributed by atoms with Crippen molar-refractivity contribution in [3.05, 3.63) is 52.4 Å². The van der Waals surface area contributed by atoms with Gasteiger partial charge in [0.25, 0.3) is 5.56 Å². The fraction of sp³-hybridized carbons (Fsp3) is 0.381. The number of benzene rings is 1. The van der Waals surface area contributed by atoms with Gasteiger partial charge < -0.3 is 5.32 Å². The van der Waals surface area contributed by atoms with E-state index in [9.17, 15) is 18.0 Å². The second-order valence-electron chi connectivity index (χ2n) is 7.85. The van der Waals surface area contributed by atoms with E-state index in [1.54, 1.807) is 27.9 Å². The highest BCUT2D eigenvalue weighted by atomic mass is 32.2. The number of hydrogen-bond acceptors (Lipinski definition) is 6. The van der Waals surface area contributed by atoms with Crippen LogP contribution in [-0.4, -0.2) is 40.3 Å². The highest BCUT2D eigenvalue weighted by molar-refractivity contribution is 7.89. The third-order valence-electron chi connectivity index (χ3n) is 5.59. The van der Waals surface area contributed by atoms with E-state index in [-0.39, 0.29) is 29.1 Å². The Morgan fingerprint density at radius 1 is 1.16 bits per heavy atom. The van der Waals surface area contributed by atoms with Crippen molar-refractivity contribution in [3.63, 3.8) is 0 Å². The maximum absolute atomic E-state index is 13.1. The molecule has 0 saturated carbocycles. The summed E-state index contributed by atoms with van der Waals surface area (Å²) in [4.78, 5) is 29.8. The molecule has 0 aliphatic carbocycles. The topological polar surface area (TPSA) is 101 Å². The van der Waals surface area contributed by atoms with E-state index in [1.165, 1.54) is 34.4 Å². The van der Waals surface area contributed by atoms with E-state index in [0.717, 1.165) is 19.3 Å². The third-order valence-corrected chi connectivity index (χ3v) is 8.55. The maximum Gasteiger partial charge on any atom is 0.262 e. The fourth-order valence-corrected chi connectivity index (χ4v) is 6.67. The van der Waals surface area contributed by atoms with Crippen molar-refractivity contribution in [1.29, 1.82) is 0 Å². The lowest BCUT2D eigenvalue weighted by molar-refractivity contribution is -0.116. The molecule has 1 fully saturated rings. The first-order chi connectivity index (χ1) is 14.8. The molecule has 3 heterocycles. The molecule has 0 unspecified atom stereocenters. The maximum atomic E-state index is 13.1. The predicted octanol–water partition coefficient (Wildman–Crippen LogP) is 3.05. The Morgan fingerprint density at radius 2 is 1.84 bits per heavy atom. The highest BCUT2D eigenvalue weighted by Crippen LogP contribution is 2.30. The predicted molar refractivity (Wildman–Crippen MR) is 121 cm³/mol. The second kappa shape index (κ2) is 8.52. The Labute approximate surface area is 184 Å². The Morgan fingerprint density at radius 3 is 2.52 bits per heavy atom. The van der Waals surface area contributed by atoms with Gasteiger partial charge in [-0.25, -0.2) is 13.4 Å². The van der Waals surface area contributed by atoms with Crippen LogP contribution in [0.5, 0.6) is 0 Å². The van der Waals surface area contributed by atoms with Gasteiger partial charge in [-0.1, -0.05) is 6.42 Å². The summed E-state index contributed by atoms with van der Waals surface area (Å²) in [6.07, 6.45) is 4.08. The summed E-state index contributed by atoms with van der Waals surface area (Å²) in [6.45, 7) is 3.69. The lowest BCUT2D eigenvalue weighted by atomic mass is 10.0. The molecule has 1 aromatic carbocycles. The fourth-order valence-electron chi connectivity index (χ4n) is 4.06. The van der Waals surface area contributed by atoms with Crippen LogP contribution in [-0.2, 0) is 21.4 Å². The molecule has 31 heavy (non-hydrogen) atoms. The van der Waals surface area contributed by atoms with Crippen molar-refractivity contribution in [2.75, 3.05) is 5.32 Å². The number of thiophene rings is 1. The minimum atomic E-state index is -3.61. The van der Waals surface area contributed by atoms with Crippen LogP contribution < -0.4 is 10.9 Å². The van der Waals surface area contributed by atoms with Crippen molar-refractivity contribution >= 4 is 43.2 Å². The van der Waals surface area contributed by atoms with E-state index in [1.807, 2.05) is 13.8 Å². The average molecular weight is 461 g/mol. The van der Waals surface area contributed by atoms with Gasteiger partial charge in [0.1, 0.15) is 11.4 Å². The number of amides is 1. The molecular formula is C21H24N4O4S2. The van der Waals surface area contributed by atoms with E-state index in [2.05, 4.69) is 10.3 Å². The molecule has 4 rings (SSSR count). The number of carbonyl (C=O) groups excluding carboxylic acids is 1. The van der Waals surface area contributed by atoms with Crippen LogP contribution in [0.3, 0.4) is 0 Å². The normalized spacial score (nSPS) is 20.1. The average Bonchev–Trinajstić information content (AvgIpc) is 3.20. The SMILES string of the molecule is C[C@@H]1CCC[C@@H](C)N1S(=O)(=O)c1ccc(NC(=O)Cn2cnc3sccc3c2=O)cc1. The van der Waals surface area contributed by atoms with E-state index < -0.39 is 15.9 Å². The zero-order chi connectivity index (χ0) is 22.2. The third kappa shape index (κ3) is 4.28. The molecule has 2 aromatic heterocycles. The Balaban J connectivity index is 1.47. The van der Waals surface area contributed by atoms with Gasteiger partial charge in [-0.15, -0.1) is 11.3 Å². The number of rotatable bonds is 5. The molecule has 164 valence electrons. The van der Waals surface area contributed by atoms with Crippen molar-refractivity contribution in [1.82, 2.24) is 13.9 Å². The minimum Gasteiger partial charge on any atom is -0.325 e. The van der Waals surface area contributed by atoms with Crippen molar-refractivity contribution in [3.8, 4) is 0 Å². The van der Waals surface area contributed by atoms with Gasteiger partial charge in [-0.3, -0.25) is 14.2 Å². The molecule has 0 radical (unpaired) electrons. The van der Waals surface area contributed by atoms with Crippen molar-refractivity contribution < 1.29 is 13.2 Å². The lowest BCUT2D eigenvalue weighted by Gasteiger charge is -2.37. The molecule has 2 atom stereocenters. The number of piperidine rings is 1. The molecule has 1 saturated heterocycles. The largest absolute Gasteiger partial charge is 0.325 e. The Bertz CT molecular complexity index is 1250. The standard InChI is InChI=1S/C21H24N4O4S2/c1-14-4-3-5-15(2)25(14)31(28,29)17-8-6-16(7-9-17)23-19(26)12-24-13-22-20-18(21(24)27)10-11-30-20/h6-11,13-15H,3-5,12H2,1-2H3,(H,23,26)/t14-,15-/m1/s1. The van der Waals surface area contributed by atoms with Crippen LogP contribution in [0.1, 0.15) is 33.1 Å². The first-order valence-electron chi connectivity index (χ1n) is 10.1. The van der Waals surface area contributed by atoms with Crippen molar-refractivity contribution in [2.24, 2.45) is 0 Å². The summed E-state index contributed by atoms with van der Waals surface area (Å²) in [5.74, 6) is -0.396. The smallest absolute Gasteiger partial charge is 0.262 e. The van der Waals surface area contributed by atoms with E-state index in [4.69, 9.17) is 0 Å². The van der Waals surface area contributed by atoms with Crippen LogP contribution in [0.2, 0.25) is 0 Å². The molecule has 10 heteroatoms. The molecule has 3 aromatic rings. The van der Waals surface area contributed by atoms with Gasteiger partial charge >= 0.3 is 0 Å². The highest BCUT2D eigenvalue weighted by Gasteiger charge is 2.35. The second-order valence-corrected chi connectivity index (χ2v) is 10.6. The number of nitrogens with one attached hydrogen (secondary N) is 1. The summed E-state index contributed by atoms with van der Waals surface area (Å²) < 4.78 is 29.0. The molecule has 1 amide bonds. The van der Waals surface area contributed by atoms with Gasteiger partial charge in [0.05, 0.1) is 16.6 Å². The number of nitrogens with zero attached hydrogens (tertiary/aromatic N) is 3. The van der Waals surface area contributed by atoms with Crippen LogP contribution in [0.15, 0.2) is 51.7 Å². The number of carbonyl (C=O) groups is 1. The molecule has 1 aliphatic rings. The monoisotopic (exact) mass is 460 g/mol. The van der Waals surface area contributed by atoms with Crippen LogP contribution in [0, 0.1) is 0 Å². The summed E-state index contributed by atoms with van der Waals surface area (Å²) >= 11 is 1.37. The van der Waals surface area contributed by atoms with Gasteiger partial charge in [0.15, 0.2) is 0 Å². The number of aromatic nitrogens is 2. The summed E-state index contributed by atoms with van der Waals surface area (Å²) in [6, 6.07) is 7.74. The zero-order valence-corrected chi connectivity index (χ0v) is 18.9. The lowest BCUT2D eigenvalue weighted by Crippen LogP contribution is -2.47. The molecule has 8 nitrogen and oxygen atoms in total. The minimum absolute atomic E-state index is 0.0411. The molecular weight excluding hydrogens is 436 g/mol. The number of hydrogen-bond donors (Lipinski definition) is 1. The molecule has 0 spiro atoms. The van der Waals surface area contributed by atoms with Gasteiger partial charge in [-0.2, -0.15) is 4.31 Å². The first kappa shape index (κ1) is 21.7. The Kier molecular flexibility index (Phi) is 5.96. The summed E-state index contributed by atoms with van der Waals surface area (Å²) in [5.41, 5.74) is 0.189. The quantitative estimate of drug-likeness (QED) is 0.631. The van der Waals surface area contributed by atoms with Crippen LogP contribution in [0.25, 0.3) is 10.2 Å². The van der Waals surface area contributed by atoms with E-state index >= 15 is 0 Å². The van der Waals surface area contributed by atoms with Gasteiger partial charge in [0.2, 0.25) is 15.9 Å². The first-order valence-corrected chi connectivity index (χ1v) is 12.5. The molecule has 1 aliphatic heterocycles. The summed E-state index contributed by atoms with van der Waals surface area (Å²) in [5, 5.41) is 4.97. The molecule has 0 bridgehead atoms. The van der Waals surface area contributed by atoms with Crippen LogP contribution >= 0.6 is 11.3 Å². The summed E-state index contributed by atoms with van der Waals surface area (Å²) in [7, 11) is -3.61. The van der Waals surface area contributed by atoms with Crippen molar-refractivity contribution in [2.45, 2.75) is 56.6 Å². The number of sulfonamides is 1. The van der Waals surface area contributed by atoms with Crippen LogP contribution in [0.4, 0.5) is 5.69 Å². The number of fused-ring (bicyclic) bond motifs is 1. The Hall–Kier alpha value is -2.56. The number of anilines is 1. The van der Waals surface area contributed by atoms with Gasteiger partial charge in [0, 0.05) is 17.8 Å². The van der Waals surface area contributed by atoms with E-state index in [0.29, 0.717) is 15.9 Å². The van der Waals surface area contributed by atoms with Gasteiger partial charge in [-0.05, 0) is 62.4 Å². The zero-order valence-electron chi connectivity index (χ0n) is 17.3. The molecule has 1 N–H and O–H groups in total.